The monoisotopic (exact) mass is 279 g/mol. The Morgan fingerprint density at radius 2 is 2.05 bits per heavy atom. The van der Waals surface area contributed by atoms with Gasteiger partial charge in [-0.1, -0.05) is 6.92 Å². The Labute approximate surface area is 110 Å². The third-order valence-corrected chi connectivity index (χ3v) is 2.72. The van der Waals surface area contributed by atoms with Crippen molar-refractivity contribution in [2.75, 3.05) is 13.7 Å². The highest BCUT2D eigenvalue weighted by Gasteiger charge is 2.35. The van der Waals surface area contributed by atoms with E-state index in [9.17, 15) is 13.2 Å². The number of halogens is 3. The second kappa shape index (κ2) is 6.27. The molecule has 0 spiro atoms. The molecule has 1 heterocycles. The molecule has 1 aromatic heterocycles. The van der Waals surface area contributed by atoms with E-state index in [4.69, 9.17) is 4.74 Å². The third-order valence-electron chi connectivity index (χ3n) is 2.72. The second-order valence-corrected chi connectivity index (χ2v) is 4.57. The number of nitrogens with zero attached hydrogens (tertiary/aromatic N) is 2. The molecule has 1 N–H and O–H groups in total. The highest BCUT2D eigenvalue weighted by atomic mass is 19.4. The first kappa shape index (κ1) is 15.8. The van der Waals surface area contributed by atoms with Crippen LogP contribution >= 0.6 is 0 Å². The quantitative estimate of drug-likeness (QED) is 0.869. The lowest BCUT2D eigenvalue weighted by Gasteiger charge is -2.23. The van der Waals surface area contributed by atoms with E-state index >= 15 is 0 Å². The number of rotatable bonds is 6. The van der Waals surface area contributed by atoms with Crippen LogP contribution in [0.5, 0.6) is 5.75 Å². The van der Waals surface area contributed by atoms with Gasteiger partial charge in [-0.25, -0.2) is 0 Å². The molecule has 0 saturated carbocycles. The molecule has 0 aliphatic rings. The molecule has 7 heteroatoms. The molecule has 1 aromatic rings. The zero-order chi connectivity index (χ0) is 14.6. The van der Waals surface area contributed by atoms with Crippen LogP contribution in [0.1, 0.15) is 45.0 Å². The highest BCUT2D eigenvalue weighted by molar-refractivity contribution is 5.29. The van der Waals surface area contributed by atoms with Gasteiger partial charge in [-0.15, -0.1) is 0 Å². The van der Waals surface area contributed by atoms with E-state index in [1.165, 1.54) is 13.3 Å². The van der Waals surface area contributed by atoms with Crippen LogP contribution in [0.25, 0.3) is 0 Å². The van der Waals surface area contributed by atoms with Gasteiger partial charge in [0, 0.05) is 6.04 Å². The van der Waals surface area contributed by atoms with Gasteiger partial charge in [0.25, 0.3) is 0 Å². The summed E-state index contributed by atoms with van der Waals surface area (Å²) in [5, 5.41) is 6.95. The van der Waals surface area contributed by atoms with E-state index in [0.717, 1.165) is 0 Å². The summed E-state index contributed by atoms with van der Waals surface area (Å²) >= 11 is 0. The van der Waals surface area contributed by atoms with E-state index in [-0.39, 0.29) is 6.04 Å². The van der Waals surface area contributed by atoms with Gasteiger partial charge < -0.3 is 10.1 Å². The first-order valence-corrected chi connectivity index (χ1v) is 6.21. The number of methoxy groups -OCH3 is 1. The Hall–Kier alpha value is -1.24. The van der Waals surface area contributed by atoms with Crippen molar-refractivity contribution in [1.82, 2.24) is 15.1 Å². The number of aromatic nitrogens is 2. The Kier molecular flexibility index (Phi) is 5.22. The number of ether oxygens (including phenoxy) is 1. The van der Waals surface area contributed by atoms with Crippen molar-refractivity contribution in [3.8, 4) is 5.75 Å². The number of hydrogen-bond acceptors (Lipinski definition) is 3. The lowest BCUT2D eigenvalue weighted by atomic mass is 10.1. The average molecular weight is 279 g/mol. The molecule has 0 aliphatic heterocycles. The maximum absolute atomic E-state index is 12.7. The Morgan fingerprint density at radius 3 is 2.47 bits per heavy atom. The molecule has 1 rings (SSSR count). The highest BCUT2D eigenvalue weighted by Crippen LogP contribution is 2.35. The predicted molar refractivity (Wildman–Crippen MR) is 66.3 cm³/mol. The van der Waals surface area contributed by atoms with Crippen molar-refractivity contribution in [2.24, 2.45) is 0 Å². The lowest BCUT2D eigenvalue weighted by Crippen LogP contribution is -2.29. The van der Waals surface area contributed by atoms with E-state index in [2.05, 4.69) is 10.4 Å². The van der Waals surface area contributed by atoms with Crippen molar-refractivity contribution in [2.45, 2.75) is 45.5 Å². The zero-order valence-corrected chi connectivity index (χ0v) is 11.6. The Balaban J connectivity index is 3.16. The SMILES string of the molecule is CCNC(CC(F)(F)F)c1c(OC)cnn1C(C)C. The molecule has 0 amide bonds. The minimum absolute atomic E-state index is 0.0340. The van der Waals surface area contributed by atoms with E-state index in [1.807, 2.05) is 13.8 Å². The Bertz CT molecular complexity index is 401. The fourth-order valence-electron chi connectivity index (χ4n) is 2.00. The molecule has 1 unspecified atom stereocenters. The molecular formula is C12H20F3N3O. The average Bonchev–Trinajstić information content (AvgIpc) is 2.70. The fourth-order valence-corrected chi connectivity index (χ4v) is 2.00. The van der Waals surface area contributed by atoms with Crippen LogP contribution in [-0.2, 0) is 0 Å². The van der Waals surface area contributed by atoms with Gasteiger partial charge in [-0.05, 0) is 20.4 Å². The molecule has 4 nitrogen and oxygen atoms in total. The van der Waals surface area contributed by atoms with Crippen LogP contribution in [0.4, 0.5) is 13.2 Å². The zero-order valence-electron chi connectivity index (χ0n) is 11.6. The summed E-state index contributed by atoms with van der Waals surface area (Å²) in [7, 11) is 1.43. The van der Waals surface area contributed by atoms with Gasteiger partial charge in [-0.3, -0.25) is 4.68 Å². The minimum Gasteiger partial charge on any atom is -0.493 e. The molecular weight excluding hydrogens is 259 g/mol. The van der Waals surface area contributed by atoms with Crippen LogP contribution in [0, 0.1) is 0 Å². The summed E-state index contributed by atoms with van der Waals surface area (Å²) in [6.45, 7) is 5.94. The first-order valence-electron chi connectivity index (χ1n) is 6.21. The lowest BCUT2D eigenvalue weighted by molar-refractivity contribution is -0.140. The van der Waals surface area contributed by atoms with Crippen LogP contribution < -0.4 is 10.1 Å². The van der Waals surface area contributed by atoms with Crippen LogP contribution in [0.3, 0.4) is 0 Å². The Morgan fingerprint density at radius 1 is 1.42 bits per heavy atom. The predicted octanol–water partition coefficient (Wildman–Crippen LogP) is 3.08. The van der Waals surface area contributed by atoms with Gasteiger partial charge >= 0.3 is 6.18 Å². The maximum atomic E-state index is 12.7. The van der Waals surface area contributed by atoms with Crippen molar-refractivity contribution < 1.29 is 17.9 Å². The molecule has 0 saturated heterocycles. The smallest absolute Gasteiger partial charge is 0.390 e. The summed E-state index contributed by atoms with van der Waals surface area (Å²) in [5.74, 6) is 0.379. The third kappa shape index (κ3) is 4.12. The molecule has 0 aromatic carbocycles. The standard InChI is InChI=1S/C12H20F3N3O/c1-5-16-9(6-12(13,14)15)11-10(19-4)7-17-18(11)8(2)3/h7-9,16H,5-6H2,1-4H3. The van der Waals surface area contributed by atoms with Gasteiger partial charge in [0.15, 0.2) is 5.75 Å². The van der Waals surface area contributed by atoms with Crippen LogP contribution in [-0.4, -0.2) is 29.6 Å². The topological polar surface area (TPSA) is 39.1 Å². The van der Waals surface area contributed by atoms with Crippen LogP contribution in [0.15, 0.2) is 6.20 Å². The number of nitrogens with one attached hydrogen (secondary N) is 1. The van der Waals surface area contributed by atoms with Gasteiger partial charge in [0.2, 0.25) is 0 Å². The largest absolute Gasteiger partial charge is 0.493 e. The summed E-state index contributed by atoms with van der Waals surface area (Å²) in [6, 6.07) is -0.891. The summed E-state index contributed by atoms with van der Waals surface area (Å²) < 4.78 is 44.7. The van der Waals surface area contributed by atoms with Crippen molar-refractivity contribution in [1.29, 1.82) is 0 Å². The first-order chi connectivity index (χ1) is 8.80. The van der Waals surface area contributed by atoms with Crippen LogP contribution in [0.2, 0.25) is 0 Å². The maximum Gasteiger partial charge on any atom is 0.390 e. The molecule has 110 valence electrons. The van der Waals surface area contributed by atoms with E-state index in [1.54, 1.807) is 11.6 Å². The molecule has 0 aliphatic carbocycles. The molecule has 19 heavy (non-hydrogen) atoms. The summed E-state index contributed by atoms with van der Waals surface area (Å²) in [6.07, 6.45) is -3.74. The number of hydrogen-bond donors (Lipinski definition) is 1. The van der Waals surface area contributed by atoms with E-state index in [0.29, 0.717) is 18.0 Å². The number of alkyl halides is 3. The second-order valence-electron chi connectivity index (χ2n) is 4.57. The molecule has 0 bridgehead atoms. The molecule has 1 atom stereocenters. The summed E-state index contributed by atoms with van der Waals surface area (Å²) in [4.78, 5) is 0. The summed E-state index contributed by atoms with van der Waals surface area (Å²) in [5.41, 5.74) is 0.441. The van der Waals surface area contributed by atoms with Crippen molar-refractivity contribution >= 4 is 0 Å². The van der Waals surface area contributed by atoms with Gasteiger partial charge in [0.05, 0.1) is 31.5 Å². The van der Waals surface area contributed by atoms with Crippen molar-refractivity contribution in [3.63, 3.8) is 0 Å². The van der Waals surface area contributed by atoms with Gasteiger partial charge in [-0.2, -0.15) is 18.3 Å². The molecule has 0 radical (unpaired) electrons. The van der Waals surface area contributed by atoms with Crippen molar-refractivity contribution in [3.05, 3.63) is 11.9 Å². The normalized spacial score (nSPS) is 13.9. The fraction of sp³-hybridized carbons (Fsp3) is 0.750. The van der Waals surface area contributed by atoms with Gasteiger partial charge in [0.1, 0.15) is 0 Å². The molecule has 0 fully saturated rings. The minimum atomic E-state index is -4.25. The van der Waals surface area contributed by atoms with E-state index < -0.39 is 18.6 Å².